The van der Waals surface area contributed by atoms with Gasteiger partial charge in [-0.05, 0) is 45.2 Å². The lowest BCUT2D eigenvalue weighted by Crippen LogP contribution is -1.92. The molecule has 0 aliphatic carbocycles. The van der Waals surface area contributed by atoms with Crippen LogP contribution in [0.25, 0.3) is 0 Å². The summed E-state index contributed by atoms with van der Waals surface area (Å²) < 4.78 is 0.850. The number of aromatic nitrogens is 4. The van der Waals surface area contributed by atoms with Crippen LogP contribution in [0.2, 0.25) is 10.0 Å². The van der Waals surface area contributed by atoms with E-state index in [4.69, 9.17) is 33.4 Å². The Labute approximate surface area is 147 Å². The van der Waals surface area contributed by atoms with Gasteiger partial charge in [-0.2, -0.15) is 19.9 Å². The fourth-order valence-corrected chi connectivity index (χ4v) is 2.33. The first-order chi connectivity index (χ1) is 9.76. The third kappa shape index (κ3) is 5.21. The fourth-order valence-electron chi connectivity index (χ4n) is 1.20. The van der Waals surface area contributed by atoms with Crippen molar-refractivity contribution in [1.29, 1.82) is 0 Å². The number of rotatable bonds is 1. The molecule has 0 amide bonds. The van der Waals surface area contributed by atoms with E-state index in [1.54, 1.807) is 6.92 Å². The summed E-state index contributed by atoms with van der Waals surface area (Å²) in [5.41, 5.74) is 1.20. The Kier molecular flexibility index (Phi) is 7.05. The van der Waals surface area contributed by atoms with Crippen molar-refractivity contribution in [3.63, 3.8) is 0 Å². The van der Waals surface area contributed by atoms with Crippen LogP contribution in [-0.4, -0.2) is 30.1 Å². The predicted molar refractivity (Wildman–Crippen MR) is 86.9 cm³/mol. The maximum Gasteiger partial charge on any atom is 0.315 e. The summed E-state index contributed by atoms with van der Waals surface area (Å²) in [4.78, 5) is 14.5. The van der Waals surface area contributed by atoms with Crippen molar-refractivity contribution in [2.24, 2.45) is 0 Å². The zero-order chi connectivity index (χ0) is 16.2. The third-order valence-electron chi connectivity index (χ3n) is 2.17. The quantitative estimate of drug-likeness (QED) is 0.623. The van der Waals surface area contributed by atoms with Gasteiger partial charge in [-0.3, -0.25) is 0 Å². The maximum absolute atomic E-state index is 8.94. The molecule has 0 aliphatic rings. The molecule has 0 bridgehead atoms. The summed E-state index contributed by atoms with van der Waals surface area (Å²) in [6.07, 6.45) is 0.674. The van der Waals surface area contributed by atoms with E-state index in [0.717, 1.165) is 0 Å². The molecule has 0 saturated heterocycles. The number of aryl methyl sites for hydroxylation is 2. The van der Waals surface area contributed by atoms with Crippen molar-refractivity contribution in [2.45, 2.75) is 20.3 Å². The number of hydrogen-bond acceptors (Lipinski definition) is 6. The zero-order valence-electron chi connectivity index (χ0n) is 10.9. The maximum atomic E-state index is 8.94. The number of nitrogens with zero attached hydrogens (tertiary/aromatic N) is 4. The molecule has 0 atom stereocenters. The van der Waals surface area contributed by atoms with E-state index in [1.807, 2.05) is 6.92 Å². The van der Waals surface area contributed by atoms with Crippen LogP contribution in [0.4, 0.5) is 0 Å². The van der Waals surface area contributed by atoms with E-state index >= 15 is 0 Å². The van der Waals surface area contributed by atoms with E-state index in [0.29, 0.717) is 37.1 Å². The normalized spacial score (nSPS) is 10.0. The summed E-state index contributed by atoms with van der Waals surface area (Å²) in [6.45, 7) is 3.59. The molecule has 0 unspecified atom stereocenters. The SMILES string of the molecule is CCc1nc(O)nc(Br)c1Cl.Cc1nc(O)nc(Br)c1Cl. The van der Waals surface area contributed by atoms with Gasteiger partial charge in [0.2, 0.25) is 0 Å². The van der Waals surface area contributed by atoms with Crippen LogP contribution in [0, 0.1) is 6.92 Å². The van der Waals surface area contributed by atoms with Crippen molar-refractivity contribution in [3.8, 4) is 12.0 Å². The molecule has 2 N–H and O–H groups in total. The van der Waals surface area contributed by atoms with Crippen LogP contribution in [0.15, 0.2) is 9.21 Å². The Morgan fingerprint density at radius 2 is 1.38 bits per heavy atom. The smallest absolute Gasteiger partial charge is 0.315 e. The first-order valence-electron chi connectivity index (χ1n) is 5.55. The lowest BCUT2D eigenvalue weighted by atomic mass is 10.3. The van der Waals surface area contributed by atoms with Crippen molar-refractivity contribution in [3.05, 3.63) is 30.6 Å². The highest BCUT2D eigenvalue weighted by atomic mass is 79.9. The zero-order valence-corrected chi connectivity index (χ0v) is 15.6. The second-order valence-electron chi connectivity index (χ2n) is 3.64. The van der Waals surface area contributed by atoms with E-state index in [9.17, 15) is 0 Å². The van der Waals surface area contributed by atoms with Gasteiger partial charge in [0.05, 0.1) is 21.4 Å². The lowest BCUT2D eigenvalue weighted by molar-refractivity contribution is 0.426. The lowest BCUT2D eigenvalue weighted by Gasteiger charge is -2.00. The van der Waals surface area contributed by atoms with Gasteiger partial charge < -0.3 is 10.2 Å². The minimum atomic E-state index is -0.270. The molecule has 21 heavy (non-hydrogen) atoms. The molecule has 0 aliphatic heterocycles. The number of hydrogen-bond donors (Lipinski definition) is 2. The van der Waals surface area contributed by atoms with Crippen LogP contribution in [-0.2, 0) is 6.42 Å². The molecule has 0 radical (unpaired) electrons. The first-order valence-corrected chi connectivity index (χ1v) is 7.89. The number of halogens is 4. The van der Waals surface area contributed by atoms with Gasteiger partial charge in [0.1, 0.15) is 9.21 Å². The van der Waals surface area contributed by atoms with Crippen molar-refractivity contribution >= 4 is 55.1 Å². The molecule has 2 rings (SSSR count). The molecule has 10 heteroatoms. The standard InChI is InChI=1S/C6H6BrClN2O.C5H4BrClN2O/c1-2-3-4(8)5(7)10-6(11)9-3;1-2-3(7)4(6)9-5(10)8-2/h2H2,1H3,(H,9,10,11);1H3,(H,8,9,10). The highest BCUT2D eigenvalue weighted by molar-refractivity contribution is 9.10. The molecule has 2 heterocycles. The predicted octanol–water partition coefficient (Wildman–Crippen LogP) is 4.07. The molecule has 0 aromatic carbocycles. The third-order valence-corrected chi connectivity index (χ3v) is 4.62. The molecule has 2 aromatic rings. The van der Waals surface area contributed by atoms with Gasteiger partial charge in [-0.15, -0.1) is 0 Å². The van der Waals surface area contributed by atoms with E-state index in [2.05, 4.69) is 51.8 Å². The van der Waals surface area contributed by atoms with Gasteiger partial charge >= 0.3 is 12.0 Å². The molecular formula is C11H10Br2Cl2N4O2. The van der Waals surface area contributed by atoms with Crippen LogP contribution in [0.5, 0.6) is 12.0 Å². The molecule has 0 fully saturated rings. The Morgan fingerprint density at radius 1 is 0.905 bits per heavy atom. The van der Waals surface area contributed by atoms with Crippen LogP contribution in [0.3, 0.4) is 0 Å². The summed E-state index contributed by atoms with van der Waals surface area (Å²) in [5, 5.41) is 18.6. The monoisotopic (exact) mass is 458 g/mol. The molecule has 114 valence electrons. The fraction of sp³-hybridized carbons (Fsp3) is 0.273. The first kappa shape index (κ1) is 18.3. The van der Waals surface area contributed by atoms with Crippen LogP contribution < -0.4 is 0 Å². The molecule has 2 aromatic heterocycles. The van der Waals surface area contributed by atoms with Gasteiger partial charge in [0, 0.05) is 0 Å². The summed E-state index contributed by atoms with van der Waals surface area (Å²) in [6, 6.07) is -0.521. The topological polar surface area (TPSA) is 92.0 Å². The Bertz CT molecular complexity index is 635. The molecule has 6 nitrogen and oxygen atoms in total. The largest absolute Gasteiger partial charge is 0.479 e. The summed E-state index contributed by atoms with van der Waals surface area (Å²) >= 11 is 17.6. The van der Waals surface area contributed by atoms with Gasteiger partial charge in [0.25, 0.3) is 0 Å². The molecule has 0 spiro atoms. The average Bonchev–Trinajstić information content (AvgIpc) is 2.40. The van der Waals surface area contributed by atoms with Crippen molar-refractivity contribution in [1.82, 2.24) is 19.9 Å². The van der Waals surface area contributed by atoms with Crippen LogP contribution in [0.1, 0.15) is 18.3 Å². The summed E-state index contributed by atoms with van der Waals surface area (Å²) in [5.74, 6) is 0. The van der Waals surface area contributed by atoms with E-state index in [-0.39, 0.29) is 12.0 Å². The van der Waals surface area contributed by atoms with E-state index < -0.39 is 0 Å². The Balaban J connectivity index is 0.000000211. The Morgan fingerprint density at radius 3 is 1.86 bits per heavy atom. The summed E-state index contributed by atoms with van der Waals surface area (Å²) in [7, 11) is 0. The minimum Gasteiger partial charge on any atom is -0.479 e. The average molecular weight is 461 g/mol. The minimum absolute atomic E-state index is 0.252. The van der Waals surface area contributed by atoms with Crippen molar-refractivity contribution in [2.75, 3.05) is 0 Å². The highest BCUT2D eigenvalue weighted by Gasteiger charge is 2.07. The molecule has 0 saturated carbocycles. The van der Waals surface area contributed by atoms with Gasteiger partial charge in [-0.25, -0.2) is 0 Å². The van der Waals surface area contributed by atoms with Crippen LogP contribution >= 0.6 is 55.1 Å². The second kappa shape index (κ2) is 8.07. The Hall–Kier alpha value is -0.700. The van der Waals surface area contributed by atoms with Gasteiger partial charge in [-0.1, -0.05) is 30.1 Å². The van der Waals surface area contributed by atoms with E-state index in [1.165, 1.54) is 0 Å². The molecular weight excluding hydrogens is 451 g/mol. The highest BCUT2D eigenvalue weighted by Crippen LogP contribution is 2.25. The van der Waals surface area contributed by atoms with Crippen molar-refractivity contribution < 1.29 is 10.2 Å². The number of aromatic hydroxyl groups is 2. The second-order valence-corrected chi connectivity index (χ2v) is 5.90. The van der Waals surface area contributed by atoms with Gasteiger partial charge in [0.15, 0.2) is 0 Å².